The lowest BCUT2D eigenvalue weighted by atomic mass is 10.1. The van der Waals surface area contributed by atoms with Crippen LogP contribution in [0.3, 0.4) is 0 Å². The largest absolute Gasteiger partial charge is 0.372 e. The van der Waals surface area contributed by atoms with E-state index < -0.39 is 11.6 Å². The fraction of sp³-hybridized carbons (Fsp3) is 0.450. The van der Waals surface area contributed by atoms with Gasteiger partial charge in [-0.05, 0) is 57.0 Å². The summed E-state index contributed by atoms with van der Waals surface area (Å²) in [5.74, 6) is -1.81. The van der Waals surface area contributed by atoms with Crippen LogP contribution < -0.4 is 0 Å². The lowest BCUT2D eigenvalue weighted by Crippen LogP contribution is -2.48. The number of carbonyl (C=O) groups is 1. The van der Waals surface area contributed by atoms with Gasteiger partial charge in [0.15, 0.2) is 11.6 Å². The molecule has 0 N–H and O–H groups in total. The molecule has 3 rings (SSSR count). The lowest BCUT2D eigenvalue weighted by Gasteiger charge is -2.35. The van der Waals surface area contributed by atoms with E-state index in [1.807, 2.05) is 43.2 Å². The third-order valence-electron chi connectivity index (χ3n) is 4.73. The molecule has 1 saturated heterocycles. The van der Waals surface area contributed by atoms with Crippen LogP contribution in [0, 0.1) is 25.5 Å². The Morgan fingerprint density at radius 1 is 1.12 bits per heavy atom. The molecule has 26 heavy (non-hydrogen) atoms. The van der Waals surface area contributed by atoms with Crippen molar-refractivity contribution in [2.75, 3.05) is 13.1 Å². The molecule has 1 fully saturated rings. The molecule has 2 aromatic rings. The smallest absolute Gasteiger partial charge is 0.270 e. The highest BCUT2D eigenvalue weighted by Gasteiger charge is 2.29. The Labute approximate surface area is 152 Å². The molecule has 6 heteroatoms. The number of aryl methyl sites for hydroxylation is 2. The normalized spacial score (nSPS) is 20.5. The zero-order chi connectivity index (χ0) is 19.0. The summed E-state index contributed by atoms with van der Waals surface area (Å²) < 4.78 is 34.3. The molecular formula is C20H24F2N2O2. The standard InChI is InChI=1S/C20H24F2N2O2/c1-12-7-13(2)24(11-16-5-6-17(21)18(22)8-16)19(12)20(25)23-9-14(3)26-15(4)10-23/h5-8,14-15H,9-11H2,1-4H3. The second-order valence-electron chi connectivity index (χ2n) is 7.12. The van der Waals surface area contributed by atoms with Crippen molar-refractivity contribution in [1.29, 1.82) is 0 Å². The topological polar surface area (TPSA) is 34.5 Å². The predicted molar refractivity (Wildman–Crippen MR) is 95.3 cm³/mol. The first kappa shape index (κ1) is 18.6. The Balaban J connectivity index is 1.92. The van der Waals surface area contributed by atoms with Gasteiger partial charge in [-0.15, -0.1) is 0 Å². The van der Waals surface area contributed by atoms with E-state index in [1.54, 1.807) is 6.07 Å². The van der Waals surface area contributed by atoms with Crippen molar-refractivity contribution in [3.8, 4) is 0 Å². The number of hydrogen-bond donors (Lipinski definition) is 0. The second-order valence-corrected chi connectivity index (χ2v) is 7.12. The summed E-state index contributed by atoms with van der Waals surface area (Å²) in [7, 11) is 0. The zero-order valence-electron chi connectivity index (χ0n) is 15.6. The van der Waals surface area contributed by atoms with Gasteiger partial charge in [-0.25, -0.2) is 8.78 Å². The molecular weight excluding hydrogens is 338 g/mol. The van der Waals surface area contributed by atoms with E-state index >= 15 is 0 Å². The molecule has 2 atom stereocenters. The average molecular weight is 362 g/mol. The van der Waals surface area contributed by atoms with Crippen LogP contribution >= 0.6 is 0 Å². The highest BCUT2D eigenvalue weighted by molar-refractivity contribution is 5.94. The van der Waals surface area contributed by atoms with Crippen molar-refractivity contribution in [1.82, 2.24) is 9.47 Å². The molecule has 1 amide bonds. The van der Waals surface area contributed by atoms with E-state index in [1.165, 1.54) is 6.07 Å². The Kier molecular flexibility index (Phi) is 5.14. The van der Waals surface area contributed by atoms with Gasteiger partial charge in [0.1, 0.15) is 5.69 Å². The number of benzene rings is 1. The van der Waals surface area contributed by atoms with E-state index in [4.69, 9.17) is 4.74 Å². The van der Waals surface area contributed by atoms with Crippen molar-refractivity contribution >= 4 is 5.91 Å². The van der Waals surface area contributed by atoms with Gasteiger partial charge in [-0.1, -0.05) is 6.07 Å². The van der Waals surface area contributed by atoms with E-state index in [9.17, 15) is 13.6 Å². The maximum atomic E-state index is 13.6. The van der Waals surface area contributed by atoms with Gasteiger partial charge >= 0.3 is 0 Å². The molecule has 0 bridgehead atoms. The van der Waals surface area contributed by atoms with Crippen LogP contribution in [-0.4, -0.2) is 40.7 Å². The molecule has 1 aromatic carbocycles. The quantitative estimate of drug-likeness (QED) is 0.835. The van der Waals surface area contributed by atoms with Gasteiger partial charge < -0.3 is 14.2 Å². The van der Waals surface area contributed by atoms with Gasteiger partial charge in [-0.3, -0.25) is 4.79 Å². The van der Waals surface area contributed by atoms with Gasteiger partial charge in [0.25, 0.3) is 5.91 Å². The number of hydrogen-bond acceptors (Lipinski definition) is 2. The minimum Gasteiger partial charge on any atom is -0.372 e. The number of carbonyl (C=O) groups excluding carboxylic acids is 1. The minimum absolute atomic E-state index is 0.0151. The van der Waals surface area contributed by atoms with Crippen LogP contribution in [-0.2, 0) is 11.3 Å². The van der Waals surface area contributed by atoms with E-state index in [-0.39, 0.29) is 18.1 Å². The fourth-order valence-electron chi connectivity index (χ4n) is 3.65. The molecule has 1 aromatic heterocycles. The summed E-state index contributed by atoms with van der Waals surface area (Å²) in [6.45, 7) is 9.11. The van der Waals surface area contributed by atoms with E-state index in [0.29, 0.717) is 30.9 Å². The molecule has 2 heterocycles. The first-order valence-electron chi connectivity index (χ1n) is 8.81. The van der Waals surface area contributed by atoms with E-state index in [0.717, 1.165) is 17.3 Å². The van der Waals surface area contributed by atoms with Gasteiger partial charge in [0.2, 0.25) is 0 Å². The summed E-state index contributed by atoms with van der Waals surface area (Å²) in [6, 6.07) is 5.78. The van der Waals surface area contributed by atoms with Gasteiger partial charge in [-0.2, -0.15) is 0 Å². The summed E-state index contributed by atoms with van der Waals surface area (Å²) >= 11 is 0. The van der Waals surface area contributed by atoms with Gasteiger partial charge in [0.05, 0.1) is 12.2 Å². The van der Waals surface area contributed by atoms with Crippen LogP contribution in [0.4, 0.5) is 8.78 Å². The highest BCUT2D eigenvalue weighted by Crippen LogP contribution is 2.22. The highest BCUT2D eigenvalue weighted by atomic mass is 19.2. The molecule has 1 aliphatic rings. The van der Waals surface area contributed by atoms with Gasteiger partial charge in [0, 0.05) is 25.3 Å². The first-order chi connectivity index (χ1) is 12.3. The third-order valence-corrected chi connectivity index (χ3v) is 4.73. The minimum atomic E-state index is -0.882. The molecule has 140 valence electrons. The van der Waals surface area contributed by atoms with Crippen molar-refractivity contribution in [3.63, 3.8) is 0 Å². The number of ether oxygens (including phenoxy) is 1. The van der Waals surface area contributed by atoms with Crippen LogP contribution in [0.5, 0.6) is 0 Å². The monoisotopic (exact) mass is 362 g/mol. The Morgan fingerprint density at radius 3 is 2.38 bits per heavy atom. The maximum absolute atomic E-state index is 13.6. The molecule has 0 aliphatic carbocycles. The van der Waals surface area contributed by atoms with Crippen LogP contribution in [0.1, 0.15) is 41.2 Å². The Morgan fingerprint density at radius 2 is 1.77 bits per heavy atom. The second kappa shape index (κ2) is 7.19. The third kappa shape index (κ3) is 3.65. The van der Waals surface area contributed by atoms with Crippen molar-refractivity contribution in [2.24, 2.45) is 0 Å². The molecule has 4 nitrogen and oxygen atoms in total. The van der Waals surface area contributed by atoms with E-state index in [2.05, 4.69) is 0 Å². The van der Waals surface area contributed by atoms with Crippen molar-refractivity contribution in [2.45, 2.75) is 46.4 Å². The van der Waals surface area contributed by atoms with Crippen LogP contribution in [0.25, 0.3) is 0 Å². The summed E-state index contributed by atoms with van der Waals surface area (Å²) in [4.78, 5) is 15.0. The maximum Gasteiger partial charge on any atom is 0.270 e. The van der Waals surface area contributed by atoms with Crippen molar-refractivity contribution in [3.05, 3.63) is 58.4 Å². The number of nitrogens with zero attached hydrogens (tertiary/aromatic N) is 2. The number of rotatable bonds is 3. The predicted octanol–water partition coefficient (Wildman–Crippen LogP) is 3.68. The first-order valence-corrected chi connectivity index (χ1v) is 8.81. The average Bonchev–Trinajstić information content (AvgIpc) is 2.83. The zero-order valence-corrected chi connectivity index (χ0v) is 15.6. The molecule has 1 aliphatic heterocycles. The molecule has 0 radical (unpaired) electrons. The Hall–Kier alpha value is -2.21. The SMILES string of the molecule is Cc1cc(C)n(Cc2ccc(F)c(F)c2)c1C(=O)N1CC(C)OC(C)C1. The molecule has 2 unspecified atom stereocenters. The Bertz CT molecular complexity index is 821. The van der Waals surface area contributed by atoms with Crippen molar-refractivity contribution < 1.29 is 18.3 Å². The summed E-state index contributed by atoms with van der Waals surface area (Å²) in [5.41, 5.74) is 2.99. The summed E-state index contributed by atoms with van der Waals surface area (Å²) in [6.07, 6.45) is -0.0302. The van der Waals surface area contributed by atoms with Crippen LogP contribution in [0.15, 0.2) is 24.3 Å². The lowest BCUT2D eigenvalue weighted by molar-refractivity contribution is -0.0588. The molecule has 0 spiro atoms. The number of halogens is 2. The summed E-state index contributed by atoms with van der Waals surface area (Å²) in [5, 5.41) is 0. The van der Waals surface area contributed by atoms with Crippen LogP contribution in [0.2, 0.25) is 0 Å². The number of aromatic nitrogens is 1. The number of morpholine rings is 1. The fourth-order valence-corrected chi connectivity index (χ4v) is 3.65. The molecule has 0 saturated carbocycles. The number of amides is 1.